The van der Waals surface area contributed by atoms with Gasteiger partial charge in [0.15, 0.2) is 17.5 Å². The summed E-state index contributed by atoms with van der Waals surface area (Å²) in [4.78, 5) is 0. The Kier molecular flexibility index (Phi) is 8.17. The fourth-order valence-electron chi connectivity index (χ4n) is 5.19. The first-order valence-electron chi connectivity index (χ1n) is 12.7. The number of aliphatic hydroxyl groups is 4. The monoisotopic (exact) mass is 606 g/mol. The summed E-state index contributed by atoms with van der Waals surface area (Å²) in [6.07, 6.45) is -3.61. The van der Waals surface area contributed by atoms with Crippen molar-refractivity contribution < 1.29 is 51.6 Å². The number of benzene rings is 1. The van der Waals surface area contributed by atoms with Crippen molar-refractivity contribution in [2.45, 2.75) is 79.2 Å². The minimum absolute atomic E-state index is 0.105. The molecule has 1 saturated carbocycles. The van der Waals surface area contributed by atoms with E-state index >= 15 is 0 Å². The van der Waals surface area contributed by atoms with Crippen LogP contribution < -0.4 is 0 Å². The minimum atomic E-state index is -2.94. The van der Waals surface area contributed by atoms with Crippen molar-refractivity contribution >= 4 is 11.8 Å². The maximum Gasteiger partial charge on any atom is 0.248 e. The van der Waals surface area contributed by atoms with Gasteiger partial charge in [-0.15, -0.1) is 16.9 Å². The fraction of sp³-hybridized carbons (Fsp3) is 0.560. The molecule has 16 heteroatoms. The predicted molar refractivity (Wildman–Crippen MR) is 132 cm³/mol. The molecule has 0 radical (unpaired) electrons. The van der Waals surface area contributed by atoms with Crippen LogP contribution in [0.25, 0.3) is 11.3 Å². The van der Waals surface area contributed by atoms with Crippen molar-refractivity contribution in [3.63, 3.8) is 0 Å². The van der Waals surface area contributed by atoms with Gasteiger partial charge in [0.2, 0.25) is 5.92 Å². The largest absolute Gasteiger partial charge is 0.394 e. The molecule has 5 rings (SSSR count). The van der Waals surface area contributed by atoms with Gasteiger partial charge < -0.3 is 29.7 Å². The van der Waals surface area contributed by atoms with Crippen LogP contribution in [0.3, 0.4) is 0 Å². The standard InChI is InChI=1S/C25H27F5N4O6S/c1-11-10-39-32-18(11)22(24(38)2-4-25(29,30)5-3-24)41-23-21(37)19(20(36)16(9-35)40-23)34-8-15(31-33-34)12-6-13(26)17(28)14(27)7-12/h6-8,10,16,19-23,35-38H,2-5,9H2,1H3/t16-,19+,20+,21-,22+,23+/m1/s1. The van der Waals surface area contributed by atoms with Crippen LogP contribution in [0.1, 0.15) is 48.2 Å². The van der Waals surface area contributed by atoms with Crippen molar-refractivity contribution in [1.29, 1.82) is 0 Å². The van der Waals surface area contributed by atoms with Crippen molar-refractivity contribution in [3.05, 3.63) is 53.3 Å². The zero-order valence-corrected chi connectivity index (χ0v) is 22.3. The van der Waals surface area contributed by atoms with Crippen LogP contribution in [0, 0.1) is 24.4 Å². The van der Waals surface area contributed by atoms with E-state index in [1.807, 2.05) is 0 Å². The Labute approximate surface area is 234 Å². The number of aryl methyl sites for hydroxylation is 1. The maximum atomic E-state index is 14.0. The van der Waals surface area contributed by atoms with Gasteiger partial charge in [0.05, 0.1) is 23.7 Å². The van der Waals surface area contributed by atoms with Gasteiger partial charge in [0, 0.05) is 24.0 Å². The Hall–Kier alpha value is -2.63. The number of halogens is 5. The molecule has 1 aliphatic heterocycles. The topological polar surface area (TPSA) is 147 Å². The fourth-order valence-corrected chi connectivity index (χ4v) is 6.83. The van der Waals surface area contributed by atoms with Crippen molar-refractivity contribution in [3.8, 4) is 11.3 Å². The third-order valence-corrected chi connectivity index (χ3v) is 9.17. The summed E-state index contributed by atoms with van der Waals surface area (Å²) in [6, 6.07) is 0.0925. The predicted octanol–water partition coefficient (Wildman–Crippen LogP) is 3.05. The van der Waals surface area contributed by atoms with E-state index in [1.54, 1.807) is 6.92 Å². The van der Waals surface area contributed by atoms with E-state index in [-0.39, 0.29) is 29.8 Å². The molecule has 2 aliphatic rings. The van der Waals surface area contributed by atoms with Crippen LogP contribution in [-0.4, -0.2) is 82.5 Å². The van der Waals surface area contributed by atoms with Gasteiger partial charge in [-0.05, 0) is 31.9 Å². The highest BCUT2D eigenvalue weighted by Gasteiger charge is 2.53. The van der Waals surface area contributed by atoms with E-state index in [4.69, 9.17) is 9.26 Å². The van der Waals surface area contributed by atoms with Crippen LogP contribution in [0.15, 0.2) is 29.1 Å². The molecule has 1 saturated heterocycles. The van der Waals surface area contributed by atoms with E-state index in [0.29, 0.717) is 17.7 Å². The van der Waals surface area contributed by atoms with E-state index in [9.17, 15) is 42.4 Å². The van der Waals surface area contributed by atoms with E-state index < -0.39 is 83.5 Å². The van der Waals surface area contributed by atoms with Crippen LogP contribution in [-0.2, 0) is 4.74 Å². The molecule has 10 nitrogen and oxygen atoms in total. The zero-order chi connectivity index (χ0) is 29.7. The molecule has 2 aromatic heterocycles. The van der Waals surface area contributed by atoms with Crippen LogP contribution in [0.4, 0.5) is 22.0 Å². The van der Waals surface area contributed by atoms with E-state index in [0.717, 1.165) is 16.4 Å². The smallest absolute Gasteiger partial charge is 0.248 e. The number of hydrogen-bond acceptors (Lipinski definition) is 10. The summed E-state index contributed by atoms with van der Waals surface area (Å²) in [5.41, 5.74) is -2.44. The van der Waals surface area contributed by atoms with Gasteiger partial charge in [-0.25, -0.2) is 26.6 Å². The van der Waals surface area contributed by atoms with Crippen LogP contribution >= 0.6 is 11.8 Å². The normalized spacial score (nSPS) is 28.5. The molecule has 4 N–H and O–H groups in total. The lowest BCUT2D eigenvalue weighted by molar-refractivity contribution is -0.179. The number of thioether (sulfide) groups is 1. The first kappa shape index (κ1) is 29.8. The van der Waals surface area contributed by atoms with E-state index in [1.165, 1.54) is 12.5 Å². The molecule has 0 unspecified atom stereocenters. The molecule has 41 heavy (non-hydrogen) atoms. The molecule has 0 amide bonds. The van der Waals surface area contributed by atoms with Crippen molar-refractivity contribution in [2.24, 2.45) is 0 Å². The summed E-state index contributed by atoms with van der Waals surface area (Å²) in [5.74, 6) is -7.52. The summed E-state index contributed by atoms with van der Waals surface area (Å²) >= 11 is 0.865. The molecule has 0 bridgehead atoms. The molecule has 3 aromatic rings. The Balaban J connectivity index is 1.46. The Morgan fingerprint density at radius 2 is 1.76 bits per heavy atom. The molecular weight excluding hydrogens is 579 g/mol. The number of alkyl halides is 2. The quantitative estimate of drug-likeness (QED) is 0.234. The third-order valence-electron chi connectivity index (χ3n) is 7.58. The molecule has 1 aliphatic carbocycles. The van der Waals surface area contributed by atoms with Crippen molar-refractivity contribution in [2.75, 3.05) is 6.61 Å². The number of rotatable bonds is 7. The summed E-state index contributed by atoms with van der Waals surface area (Å²) < 4.78 is 80.8. The Morgan fingerprint density at radius 3 is 2.34 bits per heavy atom. The summed E-state index contributed by atoms with van der Waals surface area (Å²) in [7, 11) is 0. The molecule has 2 fully saturated rings. The summed E-state index contributed by atoms with van der Waals surface area (Å²) in [5, 5.41) is 54.4. The Bertz CT molecular complexity index is 1360. The SMILES string of the molecule is Cc1conc1[C@H](S[C@@H]1O[C@H](CO)[C@H](O)[C@H](n2cc(-c3cc(F)c(F)c(F)c3)nn2)[C@H]1O)C1(O)CCC(F)(F)CC1. The molecule has 6 atom stereocenters. The average Bonchev–Trinajstić information content (AvgIpc) is 3.58. The van der Waals surface area contributed by atoms with Crippen LogP contribution in [0.5, 0.6) is 0 Å². The van der Waals surface area contributed by atoms with Crippen molar-refractivity contribution in [1.82, 2.24) is 20.2 Å². The highest BCUT2D eigenvalue weighted by molar-refractivity contribution is 8.00. The molecule has 0 spiro atoms. The second-order valence-corrected chi connectivity index (χ2v) is 11.6. The van der Waals surface area contributed by atoms with Gasteiger partial charge >= 0.3 is 0 Å². The molecule has 3 heterocycles. The number of nitrogens with zero attached hydrogens (tertiary/aromatic N) is 4. The Morgan fingerprint density at radius 1 is 1.10 bits per heavy atom. The summed E-state index contributed by atoms with van der Waals surface area (Å²) in [6.45, 7) is 0.959. The first-order valence-corrected chi connectivity index (χ1v) is 13.6. The molecular formula is C25H27F5N4O6S. The lowest BCUT2D eigenvalue weighted by atomic mass is 9.79. The second kappa shape index (κ2) is 11.2. The zero-order valence-electron chi connectivity index (χ0n) is 21.5. The molecule has 1 aromatic carbocycles. The number of ether oxygens (including phenoxy) is 1. The van der Waals surface area contributed by atoms with Gasteiger partial charge in [0.25, 0.3) is 0 Å². The van der Waals surface area contributed by atoms with E-state index in [2.05, 4.69) is 15.5 Å². The minimum Gasteiger partial charge on any atom is -0.394 e. The number of hydrogen-bond donors (Lipinski definition) is 4. The van der Waals surface area contributed by atoms with Crippen LogP contribution in [0.2, 0.25) is 0 Å². The average molecular weight is 607 g/mol. The highest BCUT2D eigenvalue weighted by Crippen LogP contribution is 2.52. The maximum absolute atomic E-state index is 14.0. The highest BCUT2D eigenvalue weighted by atomic mass is 32.2. The first-order chi connectivity index (χ1) is 19.3. The second-order valence-electron chi connectivity index (χ2n) is 10.4. The lowest BCUT2D eigenvalue weighted by Crippen LogP contribution is -2.55. The third kappa shape index (κ3) is 5.72. The lowest BCUT2D eigenvalue weighted by Gasteiger charge is -2.45. The molecule has 224 valence electrons. The number of aliphatic hydroxyl groups excluding tert-OH is 3. The number of aromatic nitrogens is 4. The van der Waals surface area contributed by atoms with Gasteiger partial charge in [-0.3, -0.25) is 0 Å². The van der Waals surface area contributed by atoms with Gasteiger partial charge in [0.1, 0.15) is 47.4 Å². The van der Waals surface area contributed by atoms with Gasteiger partial charge in [-0.1, -0.05) is 10.4 Å². The van der Waals surface area contributed by atoms with Gasteiger partial charge in [-0.2, -0.15) is 0 Å².